The zero-order valence-corrected chi connectivity index (χ0v) is 11.9. The number of likely N-dealkylation sites (tertiary alicyclic amines) is 1. The van der Waals surface area contributed by atoms with Gasteiger partial charge in [0.15, 0.2) is 0 Å². The lowest BCUT2D eigenvalue weighted by molar-refractivity contribution is 0.172. The molecule has 104 valence electrons. The van der Waals surface area contributed by atoms with Gasteiger partial charge in [-0.15, -0.1) is 0 Å². The summed E-state index contributed by atoms with van der Waals surface area (Å²) in [5, 5.41) is 0. The largest absolute Gasteiger partial charge is 0.414 e. The molecule has 4 nitrogen and oxygen atoms in total. The van der Waals surface area contributed by atoms with Crippen molar-refractivity contribution >= 4 is 6.09 Å². The summed E-state index contributed by atoms with van der Waals surface area (Å²) in [6, 6.07) is 7.92. The van der Waals surface area contributed by atoms with Crippen molar-refractivity contribution in [2.75, 3.05) is 34.2 Å². The average molecular weight is 262 g/mol. The van der Waals surface area contributed by atoms with Crippen molar-refractivity contribution in [3.8, 4) is 5.75 Å². The van der Waals surface area contributed by atoms with E-state index in [4.69, 9.17) is 4.74 Å². The quantitative estimate of drug-likeness (QED) is 0.821. The third kappa shape index (κ3) is 3.70. The second kappa shape index (κ2) is 6.06. The van der Waals surface area contributed by atoms with Crippen molar-refractivity contribution in [1.29, 1.82) is 0 Å². The number of nitrogens with zero attached hydrogens (tertiary/aromatic N) is 2. The molecule has 0 atom stereocenters. The number of piperidine rings is 1. The van der Waals surface area contributed by atoms with Crippen LogP contribution < -0.4 is 4.74 Å². The molecular weight excluding hydrogens is 240 g/mol. The maximum atomic E-state index is 11.4. The number of benzene rings is 1. The van der Waals surface area contributed by atoms with Crippen LogP contribution in [0, 0.1) is 0 Å². The number of carbonyl (C=O) groups excluding carboxylic acids is 1. The van der Waals surface area contributed by atoms with Crippen LogP contribution in [-0.4, -0.2) is 50.1 Å². The van der Waals surface area contributed by atoms with E-state index in [-0.39, 0.29) is 6.09 Å². The Balaban J connectivity index is 1.96. The fourth-order valence-corrected chi connectivity index (χ4v) is 2.34. The average Bonchev–Trinajstić information content (AvgIpc) is 2.40. The highest BCUT2D eigenvalue weighted by atomic mass is 16.6. The Labute approximate surface area is 115 Å². The normalized spacial score (nSPS) is 17.2. The van der Waals surface area contributed by atoms with Crippen molar-refractivity contribution in [3.05, 3.63) is 29.8 Å². The van der Waals surface area contributed by atoms with Crippen LogP contribution in [0.3, 0.4) is 0 Å². The van der Waals surface area contributed by atoms with E-state index in [0.29, 0.717) is 11.7 Å². The molecule has 19 heavy (non-hydrogen) atoms. The molecule has 0 unspecified atom stereocenters. The molecule has 0 bridgehead atoms. The molecule has 1 saturated heterocycles. The Hall–Kier alpha value is -1.55. The van der Waals surface area contributed by atoms with Gasteiger partial charge in [-0.1, -0.05) is 12.1 Å². The van der Waals surface area contributed by atoms with Gasteiger partial charge in [-0.05, 0) is 56.6 Å². The lowest BCUT2D eigenvalue weighted by atomic mass is 9.90. The summed E-state index contributed by atoms with van der Waals surface area (Å²) in [5.41, 5.74) is 1.35. The van der Waals surface area contributed by atoms with Gasteiger partial charge in [0.05, 0.1) is 0 Å². The third-order valence-electron chi connectivity index (χ3n) is 3.64. The van der Waals surface area contributed by atoms with Crippen LogP contribution in [0.4, 0.5) is 4.79 Å². The first-order valence-electron chi connectivity index (χ1n) is 6.74. The van der Waals surface area contributed by atoms with Crippen molar-refractivity contribution in [1.82, 2.24) is 9.80 Å². The van der Waals surface area contributed by atoms with Crippen molar-refractivity contribution in [3.63, 3.8) is 0 Å². The fraction of sp³-hybridized carbons (Fsp3) is 0.533. The Bertz CT molecular complexity index is 420. The van der Waals surface area contributed by atoms with Crippen LogP contribution >= 0.6 is 0 Å². The van der Waals surface area contributed by atoms with Gasteiger partial charge in [0.2, 0.25) is 0 Å². The van der Waals surface area contributed by atoms with Crippen LogP contribution in [0.1, 0.15) is 24.3 Å². The highest BCUT2D eigenvalue weighted by Gasteiger charge is 2.18. The second-order valence-electron chi connectivity index (χ2n) is 5.41. The smallest absolute Gasteiger partial charge is 0.410 e. The van der Waals surface area contributed by atoms with Gasteiger partial charge < -0.3 is 14.5 Å². The zero-order valence-electron chi connectivity index (χ0n) is 11.9. The SMILES string of the molecule is CN1CCC(c2ccc(OC(=O)N(C)C)cc2)CC1. The van der Waals surface area contributed by atoms with Gasteiger partial charge in [-0.3, -0.25) is 0 Å². The Morgan fingerprint density at radius 1 is 1.21 bits per heavy atom. The zero-order chi connectivity index (χ0) is 13.8. The van der Waals surface area contributed by atoms with Gasteiger partial charge in [-0.25, -0.2) is 4.79 Å². The van der Waals surface area contributed by atoms with Gasteiger partial charge in [0.1, 0.15) is 5.75 Å². The van der Waals surface area contributed by atoms with Crippen molar-refractivity contribution < 1.29 is 9.53 Å². The second-order valence-corrected chi connectivity index (χ2v) is 5.41. The van der Waals surface area contributed by atoms with E-state index in [1.54, 1.807) is 14.1 Å². The molecule has 0 N–H and O–H groups in total. The number of amides is 1. The summed E-state index contributed by atoms with van der Waals surface area (Å²) in [4.78, 5) is 15.2. The Morgan fingerprint density at radius 2 is 1.79 bits per heavy atom. The van der Waals surface area contributed by atoms with E-state index < -0.39 is 0 Å². The molecule has 0 saturated carbocycles. The standard InChI is InChI=1S/C15H22N2O2/c1-16(2)15(18)19-14-6-4-12(5-7-14)13-8-10-17(3)11-9-13/h4-7,13H,8-11H2,1-3H3. The van der Waals surface area contributed by atoms with E-state index in [9.17, 15) is 4.79 Å². The number of carbonyl (C=O) groups is 1. The van der Waals surface area contributed by atoms with Crippen LogP contribution in [0.2, 0.25) is 0 Å². The van der Waals surface area contributed by atoms with Gasteiger partial charge in [0.25, 0.3) is 0 Å². The summed E-state index contributed by atoms with van der Waals surface area (Å²) in [6.07, 6.45) is 2.06. The van der Waals surface area contributed by atoms with Crippen molar-refractivity contribution in [2.45, 2.75) is 18.8 Å². The summed E-state index contributed by atoms with van der Waals surface area (Å²) in [6.45, 7) is 2.31. The Morgan fingerprint density at radius 3 is 2.32 bits per heavy atom. The van der Waals surface area contributed by atoms with Crippen LogP contribution in [0.5, 0.6) is 5.75 Å². The van der Waals surface area contributed by atoms with Crippen LogP contribution in [-0.2, 0) is 0 Å². The van der Waals surface area contributed by atoms with Gasteiger partial charge in [-0.2, -0.15) is 0 Å². The highest BCUT2D eigenvalue weighted by molar-refractivity contribution is 5.69. The van der Waals surface area contributed by atoms with Crippen molar-refractivity contribution in [2.24, 2.45) is 0 Å². The molecule has 1 heterocycles. The molecule has 1 aromatic carbocycles. The predicted molar refractivity (Wildman–Crippen MR) is 75.6 cm³/mol. The van der Waals surface area contributed by atoms with E-state index >= 15 is 0 Å². The summed E-state index contributed by atoms with van der Waals surface area (Å²) < 4.78 is 5.21. The minimum Gasteiger partial charge on any atom is -0.410 e. The monoisotopic (exact) mass is 262 g/mol. The first kappa shape index (κ1) is 13.9. The van der Waals surface area contributed by atoms with E-state index in [1.807, 2.05) is 12.1 Å². The maximum Gasteiger partial charge on any atom is 0.414 e. The third-order valence-corrected chi connectivity index (χ3v) is 3.64. The van der Waals surface area contributed by atoms with Crippen LogP contribution in [0.25, 0.3) is 0 Å². The molecule has 1 aromatic rings. The minimum atomic E-state index is -0.341. The van der Waals surface area contributed by atoms with Gasteiger partial charge in [0, 0.05) is 14.1 Å². The minimum absolute atomic E-state index is 0.341. The molecule has 0 aromatic heterocycles. The molecule has 1 amide bonds. The molecule has 0 aliphatic carbocycles. The summed E-state index contributed by atoms with van der Waals surface area (Å²) in [7, 11) is 5.52. The highest BCUT2D eigenvalue weighted by Crippen LogP contribution is 2.28. The summed E-state index contributed by atoms with van der Waals surface area (Å²) >= 11 is 0. The first-order valence-corrected chi connectivity index (χ1v) is 6.74. The van der Waals surface area contributed by atoms with E-state index in [0.717, 1.165) is 13.1 Å². The maximum absolute atomic E-state index is 11.4. The molecule has 2 rings (SSSR count). The lowest BCUT2D eigenvalue weighted by Gasteiger charge is -2.29. The van der Waals surface area contributed by atoms with E-state index in [2.05, 4.69) is 24.1 Å². The predicted octanol–water partition coefficient (Wildman–Crippen LogP) is 2.56. The molecule has 1 aliphatic rings. The van der Waals surface area contributed by atoms with Gasteiger partial charge >= 0.3 is 6.09 Å². The number of hydrogen-bond acceptors (Lipinski definition) is 3. The molecule has 1 fully saturated rings. The topological polar surface area (TPSA) is 32.8 Å². The molecular formula is C15H22N2O2. The van der Waals surface area contributed by atoms with Crippen LogP contribution in [0.15, 0.2) is 24.3 Å². The molecule has 4 heteroatoms. The number of hydrogen-bond donors (Lipinski definition) is 0. The Kier molecular flexibility index (Phi) is 4.43. The van der Waals surface area contributed by atoms with E-state index in [1.165, 1.54) is 23.3 Å². The summed E-state index contributed by atoms with van der Waals surface area (Å²) in [5.74, 6) is 1.24. The lowest BCUT2D eigenvalue weighted by Crippen LogP contribution is -2.29. The number of ether oxygens (including phenoxy) is 1. The molecule has 0 radical (unpaired) electrons. The number of rotatable bonds is 2. The molecule has 1 aliphatic heterocycles. The fourth-order valence-electron chi connectivity index (χ4n) is 2.34. The molecule has 0 spiro atoms. The first-order chi connectivity index (χ1) is 9.06.